The number of ether oxygens (including phenoxy) is 1. The van der Waals surface area contributed by atoms with E-state index in [1.54, 1.807) is 6.07 Å². The molecule has 1 saturated heterocycles. The van der Waals surface area contributed by atoms with Gasteiger partial charge in [0, 0.05) is 49.0 Å². The predicted molar refractivity (Wildman–Crippen MR) is 151 cm³/mol. The maximum Gasteiger partial charge on any atom is 0.416 e. The molecule has 0 radical (unpaired) electrons. The number of piperidine rings is 1. The lowest BCUT2D eigenvalue weighted by atomic mass is 9.80. The van der Waals surface area contributed by atoms with Crippen molar-refractivity contribution in [1.29, 1.82) is 0 Å². The summed E-state index contributed by atoms with van der Waals surface area (Å²) in [5.74, 6) is 0.758. The SMILES string of the molecule is CN(C)C1(Cc2ccccc2)CCN(c2cc(C(F)(F)F)ccc2CNC(=O)Nc2ccc3c(c2)OCC3)CC1. The number of carbonyl (C=O) groups excluding carboxylic acids is 1. The fraction of sp³-hybridized carbons (Fsp3) is 0.387. The van der Waals surface area contributed by atoms with Gasteiger partial charge in [-0.3, -0.25) is 0 Å². The molecular weight excluding hydrogens is 517 g/mol. The fourth-order valence-electron chi connectivity index (χ4n) is 5.70. The number of alkyl halides is 3. The number of anilines is 2. The van der Waals surface area contributed by atoms with Gasteiger partial charge in [0.25, 0.3) is 0 Å². The third-order valence-corrected chi connectivity index (χ3v) is 8.17. The highest BCUT2D eigenvalue weighted by Crippen LogP contribution is 2.37. The van der Waals surface area contributed by atoms with Crippen LogP contribution >= 0.6 is 0 Å². The minimum atomic E-state index is -4.45. The maximum absolute atomic E-state index is 13.7. The number of carbonyl (C=O) groups is 1. The lowest BCUT2D eigenvalue weighted by molar-refractivity contribution is -0.137. The van der Waals surface area contributed by atoms with Crippen molar-refractivity contribution in [1.82, 2.24) is 10.2 Å². The van der Waals surface area contributed by atoms with Gasteiger partial charge in [0.15, 0.2) is 0 Å². The molecule has 3 aromatic rings. The Balaban J connectivity index is 1.30. The van der Waals surface area contributed by atoms with Gasteiger partial charge in [0.05, 0.1) is 12.2 Å². The van der Waals surface area contributed by atoms with Crippen molar-refractivity contribution in [3.05, 3.63) is 89.0 Å². The van der Waals surface area contributed by atoms with E-state index in [1.165, 1.54) is 17.7 Å². The van der Waals surface area contributed by atoms with Crippen LogP contribution < -0.4 is 20.3 Å². The number of fused-ring (bicyclic) bond motifs is 1. The van der Waals surface area contributed by atoms with Crippen LogP contribution in [0.2, 0.25) is 0 Å². The van der Waals surface area contributed by atoms with Crippen molar-refractivity contribution in [3.63, 3.8) is 0 Å². The largest absolute Gasteiger partial charge is 0.493 e. The summed E-state index contributed by atoms with van der Waals surface area (Å²) in [5, 5.41) is 5.61. The number of hydrogen-bond donors (Lipinski definition) is 2. The van der Waals surface area contributed by atoms with Crippen LogP contribution in [-0.4, -0.2) is 50.3 Å². The Labute approximate surface area is 233 Å². The molecular formula is C31H35F3N4O2. The van der Waals surface area contributed by atoms with Gasteiger partial charge < -0.3 is 25.2 Å². The second kappa shape index (κ2) is 11.4. The number of nitrogens with one attached hydrogen (secondary N) is 2. The monoisotopic (exact) mass is 552 g/mol. The van der Waals surface area contributed by atoms with Gasteiger partial charge in [-0.1, -0.05) is 42.5 Å². The van der Waals surface area contributed by atoms with Gasteiger partial charge in [-0.2, -0.15) is 13.2 Å². The zero-order chi connectivity index (χ0) is 28.3. The summed E-state index contributed by atoms with van der Waals surface area (Å²) in [6, 6.07) is 19.2. The zero-order valence-corrected chi connectivity index (χ0v) is 22.9. The lowest BCUT2D eigenvalue weighted by Gasteiger charge is -2.47. The molecule has 0 spiro atoms. The number of urea groups is 1. The number of benzene rings is 3. The van der Waals surface area contributed by atoms with Crippen molar-refractivity contribution < 1.29 is 22.7 Å². The summed E-state index contributed by atoms with van der Waals surface area (Å²) in [5.41, 5.74) is 3.31. The molecule has 2 aliphatic rings. The van der Waals surface area contributed by atoms with E-state index in [4.69, 9.17) is 4.74 Å². The van der Waals surface area contributed by atoms with Crippen LogP contribution in [0.15, 0.2) is 66.7 Å². The highest BCUT2D eigenvalue weighted by molar-refractivity contribution is 5.89. The van der Waals surface area contributed by atoms with Crippen LogP contribution in [0.5, 0.6) is 5.75 Å². The van der Waals surface area contributed by atoms with Gasteiger partial charge >= 0.3 is 12.2 Å². The van der Waals surface area contributed by atoms with E-state index < -0.39 is 17.8 Å². The molecule has 0 aromatic heterocycles. The number of nitrogens with zero attached hydrogens (tertiary/aromatic N) is 2. The smallest absolute Gasteiger partial charge is 0.416 e. The highest BCUT2D eigenvalue weighted by Gasteiger charge is 2.38. The normalized spacial score (nSPS) is 16.4. The molecule has 0 bridgehead atoms. The molecule has 3 aromatic carbocycles. The number of rotatable bonds is 7. The van der Waals surface area contributed by atoms with Crippen molar-refractivity contribution in [2.45, 2.75) is 43.9 Å². The highest BCUT2D eigenvalue weighted by atomic mass is 19.4. The second-order valence-corrected chi connectivity index (χ2v) is 10.8. The molecule has 2 N–H and O–H groups in total. The van der Waals surface area contributed by atoms with Crippen molar-refractivity contribution >= 4 is 17.4 Å². The fourth-order valence-corrected chi connectivity index (χ4v) is 5.70. The molecule has 2 aliphatic heterocycles. The summed E-state index contributed by atoms with van der Waals surface area (Å²) < 4.78 is 46.6. The number of hydrogen-bond acceptors (Lipinski definition) is 4. The molecule has 0 atom stereocenters. The second-order valence-electron chi connectivity index (χ2n) is 10.8. The quantitative estimate of drug-likeness (QED) is 0.372. The summed E-state index contributed by atoms with van der Waals surface area (Å²) in [4.78, 5) is 16.9. The zero-order valence-electron chi connectivity index (χ0n) is 22.9. The first kappa shape index (κ1) is 27.8. The molecule has 212 valence electrons. The van der Waals surface area contributed by atoms with Crippen LogP contribution in [-0.2, 0) is 25.6 Å². The van der Waals surface area contributed by atoms with Gasteiger partial charge in [-0.15, -0.1) is 0 Å². The maximum atomic E-state index is 13.7. The number of amides is 2. The van der Waals surface area contributed by atoms with Crippen LogP contribution in [0, 0.1) is 0 Å². The van der Waals surface area contributed by atoms with E-state index in [-0.39, 0.29) is 12.1 Å². The van der Waals surface area contributed by atoms with Crippen molar-refractivity contribution in [3.8, 4) is 5.75 Å². The topological polar surface area (TPSA) is 56.8 Å². The van der Waals surface area contributed by atoms with E-state index in [1.807, 2.05) is 35.2 Å². The van der Waals surface area contributed by atoms with E-state index in [2.05, 4.69) is 41.8 Å². The standard InChI is InChI=1S/C31H35F3N4O2/c1-37(2)30(20-22-6-4-3-5-7-22)13-15-38(16-14-30)27-18-25(31(32,33)34)10-8-24(27)21-35-29(39)36-26-11-9-23-12-17-40-28(23)19-26/h3-11,18-19H,12-17,20-21H2,1-2H3,(H2,35,36,39). The molecule has 2 heterocycles. The van der Waals surface area contributed by atoms with Crippen molar-refractivity contribution in [2.75, 3.05) is 44.0 Å². The molecule has 2 amide bonds. The molecule has 6 nitrogen and oxygen atoms in total. The number of likely N-dealkylation sites (N-methyl/N-ethyl adjacent to an activating group) is 1. The van der Waals surface area contributed by atoms with E-state index in [9.17, 15) is 18.0 Å². The van der Waals surface area contributed by atoms with Crippen LogP contribution in [0.25, 0.3) is 0 Å². The Morgan fingerprint density at radius 2 is 1.77 bits per heavy atom. The van der Waals surface area contributed by atoms with E-state index in [0.717, 1.165) is 43.1 Å². The third kappa shape index (κ3) is 6.20. The average Bonchev–Trinajstić information content (AvgIpc) is 3.40. The Hall–Kier alpha value is -3.72. The van der Waals surface area contributed by atoms with Crippen LogP contribution in [0.3, 0.4) is 0 Å². The first-order valence-corrected chi connectivity index (χ1v) is 13.6. The van der Waals surface area contributed by atoms with Crippen LogP contribution in [0.1, 0.15) is 35.1 Å². The predicted octanol–water partition coefficient (Wildman–Crippen LogP) is 6.11. The van der Waals surface area contributed by atoms with Gasteiger partial charge in [0.1, 0.15) is 5.75 Å². The molecule has 40 heavy (non-hydrogen) atoms. The Kier molecular flexibility index (Phi) is 7.94. The first-order valence-electron chi connectivity index (χ1n) is 13.6. The summed E-state index contributed by atoms with van der Waals surface area (Å²) in [6.07, 6.45) is -1.13. The Morgan fingerprint density at radius 1 is 1.02 bits per heavy atom. The summed E-state index contributed by atoms with van der Waals surface area (Å²) >= 11 is 0. The molecule has 0 unspecified atom stereocenters. The molecule has 0 saturated carbocycles. The van der Waals surface area contributed by atoms with Crippen molar-refractivity contribution in [2.24, 2.45) is 0 Å². The third-order valence-electron chi connectivity index (χ3n) is 8.17. The van der Waals surface area contributed by atoms with E-state index >= 15 is 0 Å². The van der Waals surface area contributed by atoms with Gasteiger partial charge in [-0.25, -0.2) is 4.79 Å². The molecule has 0 aliphatic carbocycles. The number of halogens is 3. The summed E-state index contributed by atoms with van der Waals surface area (Å²) in [7, 11) is 4.15. The molecule has 1 fully saturated rings. The summed E-state index contributed by atoms with van der Waals surface area (Å²) in [6.45, 7) is 1.95. The Morgan fingerprint density at radius 3 is 2.48 bits per heavy atom. The lowest BCUT2D eigenvalue weighted by Crippen LogP contribution is -2.54. The Bertz CT molecular complexity index is 1340. The minimum absolute atomic E-state index is 0.0859. The average molecular weight is 553 g/mol. The van der Waals surface area contributed by atoms with Crippen LogP contribution in [0.4, 0.5) is 29.3 Å². The van der Waals surface area contributed by atoms with Gasteiger partial charge in [0.2, 0.25) is 0 Å². The van der Waals surface area contributed by atoms with Gasteiger partial charge in [-0.05, 0) is 68.2 Å². The molecule has 9 heteroatoms. The minimum Gasteiger partial charge on any atom is -0.493 e. The van der Waals surface area contributed by atoms with E-state index in [0.29, 0.717) is 36.6 Å². The first-order chi connectivity index (χ1) is 19.1. The molecule has 5 rings (SSSR count).